The van der Waals surface area contributed by atoms with E-state index in [0.29, 0.717) is 12.0 Å². The Morgan fingerprint density at radius 1 is 1.82 bits per heavy atom. The summed E-state index contributed by atoms with van der Waals surface area (Å²) in [6.45, 7) is -0.258. The van der Waals surface area contributed by atoms with Gasteiger partial charge in [-0.3, -0.25) is 0 Å². The van der Waals surface area contributed by atoms with Crippen molar-refractivity contribution in [3.05, 3.63) is 23.6 Å². The monoisotopic (exact) mass is 288 g/mol. The lowest BCUT2D eigenvalue weighted by molar-refractivity contribution is 0.326. The maximum atomic E-state index is 12.9. The van der Waals surface area contributed by atoms with Gasteiger partial charge in [0.05, 0.1) is 6.61 Å². The summed E-state index contributed by atoms with van der Waals surface area (Å²) in [4.78, 5) is 0. The average Bonchev–Trinajstić information content (AvgIpc) is 1.86. The number of aliphatic hydroxyl groups excluding tert-OH is 1. The SMILES string of the molecule is OCC1=CCC(Cl)(I)C=C1F. The van der Waals surface area contributed by atoms with E-state index in [1.807, 2.05) is 22.6 Å². The fourth-order valence-electron chi connectivity index (χ4n) is 0.834. The molecule has 0 fully saturated rings. The van der Waals surface area contributed by atoms with Crippen molar-refractivity contribution in [2.24, 2.45) is 0 Å². The van der Waals surface area contributed by atoms with Crippen LogP contribution in [0.15, 0.2) is 23.6 Å². The van der Waals surface area contributed by atoms with Gasteiger partial charge >= 0.3 is 0 Å². The summed E-state index contributed by atoms with van der Waals surface area (Å²) in [7, 11) is 0. The normalized spacial score (nSPS) is 31.3. The first-order valence-electron chi connectivity index (χ1n) is 3.11. The van der Waals surface area contributed by atoms with Crippen molar-refractivity contribution in [3.63, 3.8) is 0 Å². The maximum absolute atomic E-state index is 12.9. The van der Waals surface area contributed by atoms with E-state index in [1.54, 1.807) is 6.08 Å². The van der Waals surface area contributed by atoms with Gasteiger partial charge in [0.2, 0.25) is 0 Å². The highest BCUT2D eigenvalue weighted by Gasteiger charge is 2.25. The third-order valence-corrected chi connectivity index (χ3v) is 2.45. The summed E-state index contributed by atoms with van der Waals surface area (Å²) in [5, 5.41) is 8.64. The number of allylic oxidation sites excluding steroid dienone is 2. The van der Waals surface area contributed by atoms with Crippen LogP contribution in [0.1, 0.15) is 6.42 Å². The van der Waals surface area contributed by atoms with Crippen molar-refractivity contribution < 1.29 is 9.50 Å². The number of hydrogen-bond donors (Lipinski definition) is 1. The minimum absolute atomic E-state index is 0.258. The molecule has 0 aliphatic heterocycles. The highest BCUT2D eigenvalue weighted by atomic mass is 127. The molecule has 0 bridgehead atoms. The van der Waals surface area contributed by atoms with Gasteiger partial charge in [-0.1, -0.05) is 28.7 Å². The van der Waals surface area contributed by atoms with E-state index in [9.17, 15) is 4.39 Å². The first-order valence-corrected chi connectivity index (χ1v) is 4.57. The molecule has 0 heterocycles. The number of aliphatic hydroxyl groups is 1. The molecule has 11 heavy (non-hydrogen) atoms. The summed E-state index contributed by atoms with van der Waals surface area (Å²) < 4.78 is 12.2. The molecule has 0 spiro atoms. The fourth-order valence-corrected chi connectivity index (χ4v) is 1.50. The van der Waals surface area contributed by atoms with Gasteiger partial charge in [-0.05, 0) is 12.5 Å². The Kier molecular flexibility index (Phi) is 2.94. The lowest BCUT2D eigenvalue weighted by Crippen LogP contribution is -2.12. The van der Waals surface area contributed by atoms with Gasteiger partial charge in [-0.15, -0.1) is 11.6 Å². The molecule has 1 aliphatic rings. The Morgan fingerprint density at radius 3 is 2.91 bits per heavy atom. The van der Waals surface area contributed by atoms with Gasteiger partial charge in [0.15, 0.2) is 0 Å². The minimum Gasteiger partial charge on any atom is -0.392 e. The second-order valence-corrected chi connectivity index (χ2v) is 5.58. The van der Waals surface area contributed by atoms with Gasteiger partial charge in [-0.25, -0.2) is 4.39 Å². The predicted molar refractivity (Wildman–Crippen MR) is 51.6 cm³/mol. The molecule has 1 N–H and O–H groups in total. The second kappa shape index (κ2) is 3.41. The quantitative estimate of drug-likeness (QED) is 0.581. The van der Waals surface area contributed by atoms with Crippen LogP contribution < -0.4 is 0 Å². The van der Waals surface area contributed by atoms with Crippen LogP contribution >= 0.6 is 34.2 Å². The smallest absolute Gasteiger partial charge is 0.126 e. The molecular weight excluding hydrogens is 281 g/mol. The molecule has 0 saturated heterocycles. The van der Waals surface area contributed by atoms with Crippen molar-refractivity contribution in [1.82, 2.24) is 0 Å². The summed E-state index contributed by atoms with van der Waals surface area (Å²) in [6, 6.07) is 0. The Balaban J connectivity index is 2.82. The van der Waals surface area contributed by atoms with E-state index in [0.717, 1.165) is 0 Å². The molecule has 4 heteroatoms. The van der Waals surface area contributed by atoms with Gasteiger partial charge in [-0.2, -0.15) is 0 Å². The van der Waals surface area contributed by atoms with Crippen LogP contribution in [0.3, 0.4) is 0 Å². The molecule has 0 aromatic heterocycles. The van der Waals surface area contributed by atoms with Crippen LogP contribution in [-0.2, 0) is 0 Å². The van der Waals surface area contributed by atoms with E-state index < -0.39 is 8.71 Å². The molecule has 62 valence electrons. The largest absolute Gasteiger partial charge is 0.392 e. The fraction of sp³-hybridized carbons (Fsp3) is 0.429. The van der Waals surface area contributed by atoms with Gasteiger partial charge in [0, 0.05) is 5.57 Å². The Labute approximate surface area is 83.1 Å². The Hall–Kier alpha value is 0.390. The van der Waals surface area contributed by atoms with E-state index in [-0.39, 0.29) is 6.61 Å². The zero-order valence-corrected chi connectivity index (χ0v) is 8.56. The lowest BCUT2D eigenvalue weighted by Gasteiger charge is -2.18. The van der Waals surface area contributed by atoms with Crippen LogP contribution in [0.25, 0.3) is 0 Å². The molecule has 1 atom stereocenters. The highest BCUT2D eigenvalue weighted by molar-refractivity contribution is 14.1. The predicted octanol–water partition coefficient (Wildman–Crippen LogP) is 2.53. The zero-order chi connectivity index (χ0) is 8.48. The highest BCUT2D eigenvalue weighted by Crippen LogP contribution is 2.37. The van der Waals surface area contributed by atoms with Crippen molar-refractivity contribution in [3.8, 4) is 0 Å². The van der Waals surface area contributed by atoms with Crippen LogP contribution in [0, 0.1) is 0 Å². The molecule has 0 amide bonds. The summed E-state index contributed by atoms with van der Waals surface area (Å²) in [6.07, 6.45) is 3.49. The molecule has 0 aromatic rings. The summed E-state index contributed by atoms with van der Waals surface area (Å²) >= 11 is 7.79. The molecule has 0 aromatic carbocycles. The second-order valence-electron chi connectivity index (χ2n) is 2.34. The third-order valence-electron chi connectivity index (χ3n) is 1.44. The van der Waals surface area contributed by atoms with Gasteiger partial charge in [0.25, 0.3) is 0 Å². The minimum atomic E-state index is -0.652. The van der Waals surface area contributed by atoms with Gasteiger partial charge in [0.1, 0.15) is 8.71 Å². The number of halogens is 3. The van der Waals surface area contributed by atoms with E-state index >= 15 is 0 Å². The Morgan fingerprint density at radius 2 is 2.45 bits per heavy atom. The molecular formula is C7H7ClFIO. The number of hydrogen-bond acceptors (Lipinski definition) is 1. The van der Waals surface area contributed by atoms with E-state index in [4.69, 9.17) is 16.7 Å². The zero-order valence-electron chi connectivity index (χ0n) is 5.65. The first-order chi connectivity index (χ1) is 5.05. The molecule has 0 radical (unpaired) electrons. The Bertz CT molecular complexity index is 222. The van der Waals surface area contributed by atoms with Crippen molar-refractivity contribution in [1.29, 1.82) is 0 Å². The average molecular weight is 288 g/mol. The molecule has 1 nitrogen and oxygen atoms in total. The van der Waals surface area contributed by atoms with Crippen molar-refractivity contribution in [2.75, 3.05) is 6.61 Å². The lowest BCUT2D eigenvalue weighted by atomic mass is 10.1. The van der Waals surface area contributed by atoms with Crippen LogP contribution in [0.4, 0.5) is 4.39 Å². The number of rotatable bonds is 1. The molecule has 1 unspecified atom stereocenters. The maximum Gasteiger partial charge on any atom is 0.126 e. The number of alkyl halides is 2. The molecule has 0 saturated carbocycles. The molecule has 1 aliphatic carbocycles. The summed E-state index contributed by atoms with van der Waals surface area (Å²) in [5.74, 6) is -0.414. The third kappa shape index (κ3) is 2.42. The van der Waals surface area contributed by atoms with Crippen molar-refractivity contribution in [2.45, 2.75) is 9.30 Å². The van der Waals surface area contributed by atoms with Crippen LogP contribution in [0.5, 0.6) is 0 Å². The van der Waals surface area contributed by atoms with E-state index in [1.165, 1.54) is 6.08 Å². The van der Waals surface area contributed by atoms with Crippen LogP contribution in [-0.4, -0.2) is 14.6 Å². The van der Waals surface area contributed by atoms with E-state index in [2.05, 4.69) is 0 Å². The van der Waals surface area contributed by atoms with Crippen LogP contribution in [0.2, 0.25) is 0 Å². The first kappa shape index (κ1) is 9.48. The van der Waals surface area contributed by atoms with Gasteiger partial charge < -0.3 is 5.11 Å². The summed E-state index contributed by atoms with van der Waals surface area (Å²) in [5.41, 5.74) is 0.331. The topological polar surface area (TPSA) is 20.2 Å². The molecule has 1 rings (SSSR count). The standard InChI is InChI=1S/C7H7ClFIO/c8-7(10)2-1-5(4-11)6(9)3-7/h1,3,11H,2,4H2. The van der Waals surface area contributed by atoms with Crippen molar-refractivity contribution >= 4 is 34.2 Å².